The molecule has 0 spiro atoms. The van der Waals surface area contributed by atoms with Crippen LogP contribution >= 0.6 is 11.3 Å². The van der Waals surface area contributed by atoms with Gasteiger partial charge in [-0.05, 0) is 51.9 Å². The minimum Gasteiger partial charge on any atom is -0.317 e. The molecule has 2 heterocycles. The summed E-state index contributed by atoms with van der Waals surface area (Å²) in [5.74, 6) is 0.806. The van der Waals surface area contributed by atoms with Gasteiger partial charge in [0, 0.05) is 5.38 Å². The molecule has 2 rings (SSSR count). The van der Waals surface area contributed by atoms with Crippen LogP contribution in [-0.4, -0.2) is 48.5 Å². The van der Waals surface area contributed by atoms with Gasteiger partial charge in [0.15, 0.2) is 5.13 Å². The Kier molecular flexibility index (Phi) is 5.94. The largest absolute Gasteiger partial charge is 0.317 e. The van der Waals surface area contributed by atoms with Gasteiger partial charge in [-0.2, -0.15) is 0 Å². The first-order valence-electron chi connectivity index (χ1n) is 7.32. The molecule has 1 aliphatic rings. The monoisotopic (exact) mass is 296 g/mol. The predicted molar refractivity (Wildman–Crippen MR) is 83.2 cm³/mol. The Hall–Kier alpha value is -0.980. The van der Waals surface area contributed by atoms with E-state index in [0.29, 0.717) is 11.7 Å². The van der Waals surface area contributed by atoms with Crippen LogP contribution in [-0.2, 0) is 4.79 Å². The number of aromatic nitrogens is 1. The molecule has 112 valence electrons. The number of likely N-dealkylation sites (tertiary alicyclic amines) is 1. The van der Waals surface area contributed by atoms with E-state index in [4.69, 9.17) is 0 Å². The zero-order valence-corrected chi connectivity index (χ0v) is 13.1. The topological polar surface area (TPSA) is 57.3 Å². The summed E-state index contributed by atoms with van der Waals surface area (Å²) in [5, 5.41) is 8.92. The predicted octanol–water partition coefficient (Wildman–Crippen LogP) is 1.71. The molecule has 0 saturated carbocycles. The molecule has 0 bridgehead atoms. The Morgan fingerprint density at radius 3 is 2.85 bits per heavy atom. The van der Waals surface area contributed by atoms with Gasteiger partial charge in [-0.1, -0.05) is 6.92 Å². The fourth-order valence-corrected chi connectivity index (χ4v) is 3.17. The summed E-state index contributed by atoms with van der Waals surface area (Å²) < 4.78 is 0. The molecule has 0 atom stereocenters. The Balaban J connectivity index is 1.68. The highest BCUT2D eigenvalue weighted by atomic mass is 32.1. The fraction of sp³-hybridized carbons (Fsp3) is 0.714. The molecule has 20 heavy (non-hydrogen) atoms. The van der Waals surface area contributed by atoms with Crippen molar-refractivity contribution in [3.8, 4) is 0 Å². The molecule has 0 radical (unpaired) electrons. The maximum Gasteiger partial charge on any atom is 0.240 e. The molecular formula is C14H24N4OS. The minimum atomic E-state index is 0.0458. The van der Waals surface area contributed by atoms with Crippen molar-refractivity contribution in [3.63, 3.8) is 0 Å². The molecule has 1 aromatic heterocycles. The molecule has 0 aliphatic carbocycles. The van der Waals surface area contributed by atoms with E-state index in [-0.39, 0.29) is 5.91 Å². The first kappa shape index (κ1) is 15.4. The molecule has 0 aromatic carbocycles. The zero-order chi connectivity index (χ0) is 14.4. The molecule has 0 unspecified atom stereocenters. The summed E-state index contributed by atoms with van der Waals surface area (Å²) >= 11 is 1.48. The first-order chi connectivity index (χ1) is 9.67. The van der Waals surface area contributed by atoms with Crippen molar-refractivity contribution in [3.05, 3.63) is 11.1 Å². The number of rotatable bonds is 6. The zero-order valence-electron chi connectivity index (χ0n) is 12.3. The molecular weight excluding hydrogens is 272 g/mol. The van der Waals surface area contributed by atoms with E-state index < -0.39 is 0 Å². The van der Waals surface area contributed by atoms with Crippen LogP contribution in [0, 0.1) is 12.8 Å². The van der Waals surface area contributed by atoms with Crippen molar-refractivity contribution in [2.24, 2.45) is 5.92 Å². The van der Waals surface area contributed by atoms with E-state index in [1.807, 2.05) is 12.3 Å². The highest BCUT2D eigenvalue weighted by Crippen LogP contribution is 2.17. The van der Waals surface area contributed by atoms with Crippen LogP contribution in [0.2, 0.25) is 0 Å². The van der Waals surface area contributed by atoms with E-state index >= 15 is 0 Å². The highest BCUT2D eigenvalue weighted by molar-refractivity contribution is 7.13. The average Bonchev–Trinajstić information content (AvgIpc) is 2.83. The van der Waals surface area contributed by atoms with Gasteiger partial charge in [0.25, 0.3) is 0 Å². The number of hydrogen-bond acceptors (Lipinski definition) is 5. The van der Waals surface area contributed by atoms with Crippen LogP contribution in [0.5, 0.6) is 0 Å². The van der Waals surface area contributed by atoms with Crippen LogP contribution in [0.3, 0.4) is 0 Å². The maximum absolute atomic E-state index is 11.9. The number of nitrogens with zero attached hydrogens (tertiary/aromatic N) is 2. The Morgan fingerprint density at radius 1 is 1.50 bits per heavy atom. The molecule has 6 heteroatoms. The third kappa shape index (κ3) is 4.85. The summed E-state index contributed by atoms with van der Waals surface area (Å²) in [4.78, 5) is 18.4. The first-order valence-corrected chi connectivity index (χ1v) is 8.20. The second-order valence-corrected chi connectivity index (χ2v) is 6.23. The van der Waals surface area contributed by atoms with Gasteiger partial charge in [0.2, 0.25) is 5.91 Å². The lowest BCUT2D eigenvalue weighted by Gasteiger charge is -2.31. The molecule has 1 saturated heterocycles. The molecule has 1 aromatic rings. The Bertz CT molecular complexity index is 427. The summed E-state index contributed by atoms with van der Waals surface area (Å²) in [5.41, 5.74) is 0.953. The number of piperidine rings is 1. The molecule has 5 nitrogen and oxygen atoms in total. The second-order valence-electron chi connectivity index (χ2n) is 5.37. The number of aryl methyl sites for hydroxylation is 1. The number of carbonyl (C=O) groups excluding carboxylic acids is 1. The third-order valence-corrected chi connectivity index (χ3v) is 4.50. The van der Waals surface area contributed by atoms with Crippen molar-refractivity contribution < 1.29 is 4.79 Å². The van der Waals surface area contributed by atoms with E-state index in [2.05, 4.69) is 27.4 Å². The summed E-state index contributed by atoms with van der Waals surface area (Å²) in [6.45, 7) is 8.72. The average molecular weight is 296 g/mol. The number of anilines is 1. The summed E-state index contributed by atoms with van der Waals surface area (Å²) in [6, 6.07) is 0. The van der Waals surface area contributed by atoms with E-state index in [1.165, 1.54) is 24.2 Å². The van der Waals surface area contributed by atoms with Gasteiger partial charge < -0.3 is 10.6 Å². The van der Waals surface area contributed by atoms with Gasteiger partial charge in [-0.25, -0.2) is 4.98 Å². The number of nitrogens with one attached hydrogen (secondary N) is 2. The normalized spacial score (nSPS) is 17.3. The standard InChI is InChI=1S/C14H24N4OS/c1-3-15-8-12-4-6-18(7-5-12)9-13(19)17-14-16-11(2)10-20-14/h10,12,15H,3-9H2,1-2H3,(H,16,17,19). The van der Waals surface area contributed by atoms with E-state index in [9.17, 15) is 4.79 Å². The fourth-order valence-electron chi connectivity index (χ4n) is 2.47. The van der Waals surface area contributed by atoms with Crippen LogP contribution in [0.4, 0.5) is 5.13 Å². The third-order valence-electron chi connectivity index (χ3n) is 3.62. The lowest BCUT2D eigenvalue weighted by atomic mass is 9.97. The summed E-state index contributed by atoms with van der Waals surface area (Å²) in [7, 11) is 0. The number of hydrogen-bond donors (Lipinski definition) is 2. The number of carbonyl (C=O) groups is 1. The molecule has 1 aliphatic heterocycles. The van der Waals surface area contributed by atoms with Crippen LogP contribution in [0.1, 0.15) is 25.5 Å². The SMILES string of the molecule is CCNCC1CCN(CC(=O)Nc2nc(C)cs2)CC1. The lowest BCUT2D eigenvalue weighted by Crippen LogP contribution is -2.41. The maximum atomic E-state index is 11.9. The van der Waals surface area contributed by atoms with Crippen molar-refractivity contribution in [2.75, 3.05) is 38.0 Å². The second kappa shape index (κ2) is 7.71. The van der Waals surface area contributed by atoms with Crippen LogP contribution in [0.15, 0.2) is 5.38 Å². The van der Waals surface area contributed by atoms with Gasteiger partial charge >= 0.3 is 0 Å². The van der Waals surface area contributed by atoms with Gasteiger partial charge in [0.05, 0.1) is 12.2 Å². The quantitative estimate of drug-likeness (QED) is 0.839. The van der Waals surface area contributed by atoms with Crippen LogP contribution in [0.25, 0.3) is 0 Å². The Morgan fingerprint density at radius 2 is 2.25 bits per heavy atom. The van der Waals surface area contributed by atoms with Gasteiger partial charge in [0.1, 0.15) is 0 Å². The molecule has 1 fully saturated rings. The molecule has 2 N–H and O–H groups in total. The highest BCUT2D eigenvalue weighted by Gasteiger charge is 2.20. The van der Waals surface area contributed by atoms with Crippen LogP contribution < -0.4 is 10.6 Å². The van der Waals surface area contributed by atoms with Gasteiger partial charge in [-0.3, -0.25) is 9.69 Å². The van der Waals surface area contributed by atoms with Gasteiger partial charge in [-0.15, -0.1) is 11.3 Å². The van der Waals surface area contributed by atoms with Crippen molar-refractivity contribution in [2.45, 2.75) is 26.7 Å². The van der Waals surface area contributed by atoms with Crippen molar-refractivity contribution >= 4 is 22.4 Å². The molecule has 1 amide bonds. The minimum absolute atomic E-state index is 0.0458. The summed E-state index contributed by atoms with van der Waals surface area (Å²) in [6.07, 6.45) is 2.35. The Labute approximate surface area is 124 Å². The number of thiazole rings is 1. The number of amides is 1. The van der Waals surface area contributed by atoms with E-state index in [1.54, 1.807) is 0 Å². The van der Waals surface area contributed by atoms with E-state index in [0.717, 1.165) is 37.8 Å². The lowest BCUT2D eigenvalue weighted by molar-refractivity contribution is -0.117. The van der Waals surface area contributed by atoms with Crippen molar-refractivity contribution in [1.29, 1.82) is 0 Å². The smallest absolute Gasteiger partial charge is 0.240 e. The van der Waals surface area contributed by atoms with Crippen molar-refractivity contribution in [1.82, 2.24) is 15.2 Å².